The first-order chi connectivity index (χ1) is 20.6. The van der Waals surface area contributed by atoms with Gasteiger partial charge in [-0.25, -0.2) is 4.79 Å². The van der Waals surface area contributed by atoms with Crippen LogP contribution in [0.5, 0.6) is 0 Å². The van der Waals surface area contributed by atoms with Crippen LogP contribution in [0.4, 0.5) is 0 Å². The van der Waals surface area contributed by atoms with Crippen molar-refractivity contribution in [2.45, 2.75) is 217 Å². The lowest BCUT2D eigenvalue weighted by molar-refractivity contribution is -0.139. The first-order valence-corrected chi connectivity index (χ1v) is 18.5. The lowest BCUT2D eigenvalue weighted by Crippen LogP contribution is -2.03. The molecule has 0 aromatic rings. The van der Waals surface area contributed by atoms with Crippen molar-refractivity contribution >= 4 is 5.97 Å². The Labute approximate surface area is 258 Å². The zero-order valence-electron chi connectivity index (χ0n) is 27.3. The van der Waals surface area contributed by atoms with E-state index in [0.29, 0.717) is 36.6 Å². The average Bonchev–Trinajstić information content (AvgIpc) is 3.90. The fourth-order valence-electron chi connectivity index (χ4n) is 7.09. The number of esters is 1. The van der Waals surface area contributed by atoms with Gasteiger partial charge in [0, 0.05) is 5.57 Å². The molecule has 0 spiro atoms. The van der Waals surface area contributed by atoms with E-state index >= 15 is 0 Å². The summed E-state index contributed by atoms with van der Waals surface area (Å²) in [4.78, 5) is 11.6. The fraction of sp³-hybridized carbons (Fsp3) is 0.919. The van der Waals surface area contributed by atoms with E-state index in [-0.39, 0.29) is 12.1 Å². The van der Waals surface area contributed by atoms with Gasteiger partial charge in [0.2, 0.25) is 0 Å². The first-order valence-electron chi connectivity index (χ1n) is 18.5. The van der Waals surface area contributed by atoms with Crippen LogP contribution in [-0.4, -0.2) is 48.7 Å². The Kier molecular flexibility index (Phi) is 15.7. The highest BCUT2D eigenvalue weighted by Crippen LogP contribution is 2.39. The number of epoxide rings is 3. The van der Waals surface area contributed by atoms with Crippen molar-refractivity contribution in [3.63, 3.8) is 0 Å². The van der Waals surface area contributed by atoms with Crippen LogP contribution in [0.15, 0.2) is 11.6 Å². The number of unbranched alkanes of at least 4 members (excludes halogenated alkanes) is 16. The Morgan fingerprint density at radius 2 is 0.857 bits per heavy atom. The maximum absolute atomic E-state index is 11.6. The van der Waals surface area contributed by atoms with Crippen molar-refractivity contribution in [2.75, 3.05) is 0 Å². The molecule has 0 bridgehead atoms. The fourth-order valence-corrected chi connectivity index (χ4v) is 7.09. The Balaban J connectivity index is 0.840. The second kappa shape index (κ2) is 19.5. The SMILES string of the molecule is CCCCCCCCCC[C@H]1O[C@@H]1CC[C@@H]1O[C@@H]1CC[C@H]1O[C@@H]1CCCCCCCCCCCCC1=C[C@@H](C)OC1=O. The molecule has 3 saturated heterocycles. The number of hydrogen-bond donors (Lipinski definition) is 0. The van der Waals surface area contributed by atoms with Crippen LogP contribution in [0.25, 0.3) is 0 Å². The molecule has 4 heterocycles. The molecule has 7 atom stereocenters. The van der Waals surface area contributed by atoms with Crippen LogP contribution in [0.1, 0.15) is 174 Å². The summed E-state index contributed by atoms with van der Waals surface area (Å²) in [6.45, 7) is 4.22. The molecule has 0 radical (unpaired) electrons. The Morgan fingerprint density at radius 3 is 1.24 bits per heavy atom. The maximum Gasteiger partial charge on any atom is 0.334 e. The zero-order valence-corrected chi connectivity index (χ0v) is 27.3. The van der Waals surface area contributed by atoms with E-state index in [0.717, 1.165) is 18.4 Å². The van der Waals surface area contributed by atoms with Gasteiger partial charge in [0.15, 0.2) is 0 Å². The van der Waals surface area contributed by atoms with Gasteiger partial charge in [0.1, 0.15) is 6.10 Å². The van der Waals surface area contributed by atoms with Crippen molar-refractivity contribution in [1.82, 2.24) is 0 Å². The molecule has 42 heavy (non-hydrogen) atoms. The van der Waals surface area contributed by atoms with Crippen LogP contribution < -0.4 is 0 Å². The van der Waals surface area contributed by atoms with Gasteiger partial charge in [-0.3, -0.25) is 0 Å². The van der Waals surface area contributed by atoms with Gasteiger partial charge in [-0.1, -0.05) is 116 Å². The van der Waals surface area contributed by atoms with Gasteiger partial charge in [-0.15, -0.1) is 0 Å². The molecule has 0 amide bonds. The molecule has 5 nitrogen and oxygen atoms in total. The molecule has 0 N–H and O–H groups in total. The summed E-state index contributed by atoms with van der Waals surface area (Å²) in [5, 5.41) is 0. The molecule has 4 rings (SSSR count). The average molecular weight is 589 g/mol. The highest BCUT2D eigenvalue weighted by atomic mass is 16.6. The van der Waals surface area contributed by atoms with Crippen molar-refractivity contribution in [3.05, 3.63) is 11.6 Å². The lowest BCUT2D eigenvalue weighted by Gasteiger charge is -2.03. The molecule has 0 aromatic carbocycles. The van der Waals surface area contributed by atoms with Crippen LogP contribution in [0.3, 0.4) is 0 Å². The molecule has 4 aliphatic rings. The second-order valence-electron chi connectivity index (χ2n) is 13.9. The number of cyclic esters (lactones) is 1. The van der Waals surface area contributed by atoms with E-state index in [1.165, 1.54) is 148 Å². The molecular weight excluding hydrogens is 524 g/mol. The molecule has 0 unspecified atom stereocenters. The summed E-state index contributed by atoms with van der Waals surface area (Å²) in [5.74, 6) is -0.0973. The third-order valence-electron chi connectivity index (χ3n) is 10.1. The normalized spacial score (nSPS) is 29.5. The highest BCUT2D eigenvalue weighted by Gasteiger charge is 2.45. The molecule has 5 heteroatoms. The minimum absolute atomic E-state index is 0.0262. The number of hydrogen-bond acceptors (Lipinski definition) is 5. The van der Waals surface area contributed by atoms with Gasteiger partial charge >= 0.3 is 5.97 Å². The number of ether oxygens (including phenoxy) is 4. The summed E-state index contributed by atoms with van der Waals surface area (Å²) < 4.78 is 23.0. The Bertz CT molecular complexity index is 780. The minimum Gasteiger partial charge on any atom is -0.455 e. The van der Waals surface area contributed by atoms with Crippen LogP contribution in [0, 0.1) is 0 Å². The standard InChI is InChI=1S/C37H64O5/c1-3-4-5-6-7-13-16-19-22-31-33(40-31)24-26-35-36(42-35)27-25-34-32(41-34)23-20-17-14-11-9-8-10-12-15-18-21-30-28-29(2)39-37(30)38/h28-29,31-36H,3-27H2,1-2H3/t29-,31-,32-,33-,34-,35+,36-/m1/s1. The summed E-state index contributed by atoms with van der Waals surface area (Å²) in [6, 6.07) is 0. The van der Waals surface area contributed by atoms with E-state index in [4.69, 9.17) is 18.9 Å². The molecule has 242 valence electrons. The summed E-state index contributed by atoms with van der Waals surface area (Å²) >= 11 is 0. The molecular formula is C37H64O5. The predicted molar refractivity (Wildman–Crippen MR) is 171 cm³/mol. The molecule has 0 saturated carbocycles. The van der Waals surface area contributed by atoms with E-state index in [9.17, 15) is 4.79 Å². The van der Waals surface area contributed by atoms with Gasteiger partial charge < -0.3 is 18.9 Å². The van der Waals surface area contributed by atoms with Gasteiger partial charge in [0.05, 0.1) is 36.6 Å². The monoisotopic (exact) mass is 588 g/mol. The molecule has 0 aliphatic carbocycles. The van der Waals surface area contributed by atoms with E-state index in [1.54, 1.807) is 0 Å². The lowest BCUT2D eigenvalue weighted by atomic mass is 10.0. The van der Waals surface area contributed by atoms with Crippen molar-refractivity contribution in [3.8, 4) is 0 Å². The topological polar surface area (TPSA) is 63.9 Å². The van der Waals surface area contributed by atoms with Crippen molar-refractivity contribution < 1.29 is 23.7 Å². The van der Waals surface area contributed by atoms with Crippen LogP contribution >= 0.6 is 0 Å². The largest absolute Gasteiger partial charge is 0.455 e. The summed E-state index contributed by atoms with van der Waals surface area (Å²) in [5.41, 5.74) is 0.892. The maximum atomic E-state index is 11.6. The Morgan fingerprint density at radius 1 is 0.500 bits per heavy atom. The molecule has 0 aromatic heterocycles. The second-order valence-corrected chi connectivity index (χ2v) is 13.9. The third-order valence-corrected chi connectivity index (χ3v) is 10.1. The van der Waals surface area contributed by atoms with E-state index in [1.807, 2.05) is 13.0 Å². The quantitative estimate of drug-likeness (QED) is 0.0517. The van der Waals surface area contributed by atoms with Gasteiger partial charge in [-0.05, 0) is 64.4 Å². The smallest absolute Gasteiger partial charge is 0.334 e. The molecule has 3 fully saturated rings. The summed E-state index contributed by atoms with van der Waals surface area (Å²) in [6.07, 6.45) is 37.5. The molecule has 4 aliphatic heterocycles. The number of rotatable bonds is 28. The predicted octanol–water partition coefficient (Wildman–Crippen LogP) is 9.93. The van der Waals surface area contributed by atoms with Crippen molar-refractivity contribution in [2.24, 2.45) is 0 Å². The van der Waals surface area contributed by atoms with E-state index in [2.05, 4.69) is 6.92 Å². The number of carbonyl (C=O) groups excluding carboxylic acids is 1. The van der Waals surface area contributed by atoms with Gasteiger partial charge in [0.25, 0.3) is 0 Å². The van der Waals surface area contributed by atoms with Crippen LogP contribution in [0.2, 0.25) is 0 Å². The van der Waals surface area contributed by atoms with Crippen LogP contribution in [-0.2, 0) is 23.7 Å². The van der Waals surface area contributed by atoms with Crippen molar-refractivity contribution in [1.29, 1.82) is 0 Å². The third kappa shape index (κ3) is 13.8. The first kappa shape index (κ1) is 34.0. The minimum atomic E-state index is -0.0973. The van der Waals surface area contributed by atoms with E-state index < -0.39 is 0 Å². The summed E-state index contributed by atoms with van der Waals surface area (Å²) in [7, 11) is 0. The van der Waals surface area contributed by atoms with Gasteiger partial charge in [-0.2, -0.15) is 0 Å². The highest BCUT2D eigenvalue weighted by molar-refractivity contribution is 5.90. The zero-order chi connectivity index (χ0) is 29.4. The number of carbonyl (C=O) groups is 1. The Hall–Kier alpha value is -0.910.